The van der Waals surface area contributed by atoms with Crippen LogP contribution in [0.1, 0.15) is 33.1 Å². The lowest BCUT2D eigenvalue weighted by Crippen LogP contribution is -2.59. The number of nitrogens with two attached hydrogens (primary N) is 1. The highest BCUT2D eigenvalue weighted by Gasteiger charge is 2.54. The predicted octanol–water partition coefficient (Wildman–Crippen LogP) is 1.50. The minimum atomic E-state index is -0.742. The number of oxime groups is 1. The molecule has 1 saturated heterocycles. The fourth-order valence-corrected chi connectivity index (χ4v) is 4.35. The van der Waals surface area contributed by atoms with Crippen LogP contribution in [-0.4, -0.2) is 45.9 Å². The van der Waals surface area contributed by atoms with E-state index >= 15 is 0 Å². The standard InChI is InChI=1S/C13H23N3O2S/c1-3-10-8-16(4-5-19-10)12(17)13(11(14)15-18)6-9(2)7-13/h9-10,18H,3-8H2,1-2H3,(H2,14,15). The van der Waals surface area contributed by atoms with Gasteiger partial charge < -0.3 is 15.8 Å². The van der Waals surface area contributed by atoms with Crippen molar-refractivity contribution in [1.82, 2.24) is 4.90 Å². The highest BCUT2D eigenvalue weighted by atomic mass is 32.2. The number of hydrogen-bond acceptors (Lipinski definition) is 4. The zero-order chi connectivity index (χ0) is 14.0. The molecule has 0 bridgehead atoms. The highest BCUT2D eigenvalue weighted by molar-refractivity contribution is 8.00. The van der Waals surface area contributed by atoms with E-state index in [1.54, 1.807) is 0 Å². The second-order valence-corrected chi connectivity index (χ2v) is 7.14. The summed E-state index contributed by atoms with van der Waals surface area (Å²) in [5.74, 6) is 1.58. The molecule has 19 heavy (non-hydrogen) atoms. The van der Waals surface area contributed by atoms with E-state index in [1.807, 2.05) is 16.7 Å². The zero-order valence-electron chi connectivity index (χ0n) is 11.6. The number of rotatable bonds is 3. The minimum absolute atomic E-state index is 0.0552. The van der Waals surface area contributed by atoms with Crippen LogP contribution in [0, 0.1) is 11.3 Å². The van der Waals surface area contributed by atoms with Gasteiger partial charge in [0.05, 0.1) is 0 Å². The molecule has 1 aliphatic heterocycles. The summed E-state index contributed by atoms with van der Waals surface area (Å²) in [6.45, 7) is 5.80. The number of nitrogens with zero attached hydrogens (tertiary/aromatic N) is 2. The van der Waals surface area contributed by atoms with E-state index in [9.17, 15) is 4.79 Å². The van der Waals surface area contributed by atoms with Gasteiger partial charge in [-0.2, -0.15) is 11.8 Å². The molecule has 1 amide bonds. The summed E-state index contributed by atoms with van der Waals surface area (Å²) < 4.78 is 0. The normalized spacial score (nSPS) is 35.9. The van der Waals surface area contributed by atoms with Crippen LogP contribution in [0.2, 0.25) is 0 Å². The Labute approximate surface area is 118 Å². The summed E-state index contributed by atoms with van der Waals surface area (Å²) >= 11 is 1.93. The number of amides is 1. The van der Waals surface area contributed by atoms with Crippen LogP contribution in [0.5, 0.6) is 0 Å². The van der Waals surface area contributed by atoms with Gasteiger partial charge in [0.25, 0.3) is 0 Å². The molecule has 2 aliphatic rings. The monoisotopic (exact) mass is 285 g/mol. The summed E-state index contributed by atoms with van der Waals surface area (Å²) in [5.41, 5.74) is 5.06. The van der Waals surface area contributed by atoms with Gasteiger partial charge >= 0.3 is 0 Å². The van der Waals surface area contributed by atoms with Gasteiger partial charge in [0.15, 0.2) is 5.84 Å². The first-order valence-electron chi connectivity index (χ1n) is 6.92. The van der Waals surface area contributed by atoms with Crippen molar-refractivity contribution in [2.24, 2.45) is 22.2 Å². The van der Waals surface area contributed by atoms with E-state index in [2.05, 4.69) is 19.0 Å². The van der Waals surface area contributed by atoms with Crippen LogP contribution in [0.4, 0.5) is 0 Å². The predicted molar refractivity (Wildman–Crippen MR) is 77.4 cm³/mol. The molecule has 5 nitrogen and oxygen atoms in total. The van der Waals surface area contributed by atoms with Crippen LogP contribution < -0.4 is 5.73 Å². The van der Waals surface area contributed by atoms with Crippen LogP contribution in [0.25, 0.3) is 0 Å². The quantitative estimate of drug-likeness (QED) is 0.356. The van der Waals surface area contributed by atoms with Crippen molar-refractivity contribution in [3.05, 3.63) is 0 Å². The largest absolute Gasteiger partial charge is 0.409 e. The van der Waals surface area contributed by atoms with Gasteiger partial charge in [-0.05, 0) is 25.2 Å². The van der Waals surface area contributed by atoms with E-state index in [0.29, 0.717) is 24.0 Å². The smallest absolute Gasteiger partial charge is 0.236 e. The van der Waals surface area contributed by atoms with Crippen molar-refractivity contribution < 1.29 is 10.0 Å². The van der Waals surface area contributed by atoms with Gasteiger partial charge in [0, 0.05) is 24.1 Å². The summed E-state index contributed by atoms with van der Waals surface area (Å²) in [5, 5.41) is 12.6. The fraction of sp³-hybridized carbons (Fsp3) is 0.846. The van der Waals surface area contributed by atoms with Crippen molar-refractivity contribution >= 4 is 23.5 Å². The molecule has 1 unspecified atom stereocenters. The lowest BCUT2D eigenvalue weighted by molar-refractivity contribution is -0.144. The molecule has 1 heterocycles. The first kappa shape index (κ1) is 14.5. The van der Waals surface area contributed by atoms with E-state index in [-0.39, 0.29) is 11.7 Å². The average molecular weight is 285 g/mol. The Kier molecular flexibility index (Phi) is 4.28. The molecule has 108 valence electrons. The lowest BCUT2D eigenvalue weighted by Gasteiger charge is -2.47. The molecule has 1 saturated carbocycles. The number of hydrogen-bond donors (Lipinski definition) is 2. The molecule has 0 radical (unpaired) electrons. The Bertz CT molecular complexity index is 380. The van der Waals surface area contributed by atoms with Gasteiger partial charge in [0.1, 0.15) is 5.41 Å². The molecule has 0 aromatic carbocycles. The second kappa shape index (κ2) is 5.61. The van der Waals surface area contributed by atoms with E-state index < -0.39 is 5.41 Å². The average Bonchev–Trinajstić information content (AvgIpc) is 2.42. The van der Waals surface area contributed by atoms with Gasteiger partial charge in [-0.3, -0.25) is 4.79 Å². The summed E-state index contributed by atoms with van der Waals surface area (Å²) in [4.78, 5) is 14.7. The Morgan fingerprint density at radius 3 is 2.79 bits per heavy atom. The molecule has 3 N–H and O–H groups in total. The summed E-state index contributed by atoms with van der Waals surface area (Å²) in [6, 6.07) is 0. The van der Waals surface area contributed by atoms with E-state index in [4.69, 9.17) is 10.9 Å². The Balaban J connectivity index is 2.12. The number of amidine groups is 1. The zero-order valence-corrected chi connectivity index (χ0v) is 12.4. The molecule has 0 aromatic heterocycles. The molecular formula is C13H23N3O2S. The molecule has 6 heteroatoms. The van der Waals surface area contributed by atoms with Gasteiger partial charge in [-0.25, -0.2) is 0 Å². The number of carbonyl (C=O) groups is 1. The third-order valence-electron chi connectivity index (χ3n) is 4.28. The molecule has 1 atom stereocenters. The van der Waals surface area contributed by atoms with Crippen molar-refractivity contribution in [3.63, 3.8) is 0 Å². The first-order chi connectivity index (χ1) is 9.03. The summed E-state index contributed by atoms with van der Waals surface area (Å²) in [7, 11) is 0. The van der Waals surface area contributed by atoms with Gasteiger partial charge in [-0.1, -0.05) is 19.0 Å². The van der Waals surface area contributed by atoms with Crippen LogP contribution in [0.15, 0.2) is 5.16 Å². The maximum Gasteiger partial charge on any atom is 0.236 e. The first-order valence-corrected chi connectivity index (χ1v) is 7.97. The SMILES string of the molecule is CCC1CN(C(=O)C2(C(N)=NO)CC(C)C2)CCS1. The van der Waals surface area contributed by atoms with Crippen molar-refractivity contribution in [3.8, 4) is 0 Å². The Morgan fingerprint density at radius 1 is 1.58 bits per heavy atom. The van der Waals surface area contributed by atoms with Crippen LogP contribution in [0.3, 0.4) is 0 Å². The van der Waals surface area contributed by atoms with Gasteiger partial charge in [-0.15, -0.1) is 0 Å². The van der Waals surface area contributed by atoms with Crippen molar-refractivity contribution in [2.45, 2.75) is 38.4 Å². The maximum absolute atomic E-state index is 12.8. The highest BCUT2D eigenvalue weighted by Crippen LogP contribution is 2.47. The molecule has 2 fully saturated rings. The molecule has 0 aromatic rings. The van der Waals surface area contributed by atoms with Crippen LogP contribution >= 0.6 is 11.8 Å². The lowest BCUT2D eigenvalue weighted by atomic mass is 9.61. The van der Waals surface area contributed by atoms with E-state index in [0.717, 1.165) is 25.3 Å². The third kappa shape index (κ3) is 2.55. The van der Waals surface area contributed by atoms with E-state index in [1.165, 1.54) is 0 Å². The van der Waals surface area contributed by atoms with Gasteiger partial charge in [0.2, 0.25) is 5.91 Å². The second-order valence-electron chi connectivity index (χ2n) is 5.73. The third-order valence-corrected chi connectivity index (χ3v) is 5.65. The molecule has 1 aliphatic carbocycles. The van der Waals surface area contributed by atoms with Crippen LogP contribution in [-0.2, 0) is 4.79 Å². The molecule has 0 spiro atoms. The summed E-state index contributed by atoms with van der Waals surface area (Å²) in [6.07, 6.45) is 2.46. The topological polar surface area (TPSA) is 78.9 Å². The number of thioether (sulfide) groups is 1. The van der Waals surface area contributed by atoms with Crippen molar-refractivity contribution in [1.29, 1.82) is 0 Å². The Morgan fingerprint density at radius 2 is 2.26 bits per heavy atom. The molecular weight excluding hydrogens is 262 g/mol. The maximum atomic E-state index is 12.8. The number of carbonyl (C=O) groups excluding carboxylic acids is 1. The molecule has 2 rings (SSSR count). The fourth-order valence-electron chi connectivity index (χ4n) is 3.17. The van der Waals surface area contributed by atoms with Crippen molar-refractivity contribution in [2.75, 3.05) is 18.8 Å². The Hall–Kier alpha value is -0.910. The minimum Gasteiger partial charge on any atom is -0.409 e.